The number of aliphatic carboxylic acids is 1. The lowest BCUT2D eigenvalue weighted by molar-refractivity contribution is -0.145. The zero-order chi connectivity index (χ0) is 27.9. The van der Waals surface area contributed by atoms with Crippen molar-refractivity contribution in [2.24, 2.45) is 0 Å². The Kier molecular flexibility index (Phi) is 10.0. The van der Waals surface area contributed by atoms with Crippen LogP contribution in [0.2, 0.25) is 10.0 Å². The van der Waals surface area contributed by atoms with Crippen LogP contribution >= 0.6 is 23.2 Å². The molecule has 0 saturated heterocycles. The van der Waals surface area contributed by atoms with Gasteiger partial charge in [0.1, 0.15) is 12.4 Å². The van der Waals surface area contributed by atoms with Crippen LogP contribution in [0.15, 0.2) is 54.6 Å². The number of rotatable bonds is 11. The van der Waals surface area contributed by atoms with Gasteiger partial charge in [0, 0.05) is 28.7 Å². The van der Waals surface area contributed by atoms with Gasteiger partial charge in [0.15, 0.2) is 0 Å². The summed E-state index contributed by atoms with van der Waals surface area (Å²) in [5, 5.41) is 12.9. The van der Waals surface area contributed by atoms with Crippen LogP contribution in [0.4, 0.5) is 13.2 Å². The van der Waals surface area contributed by atoms with Crippen molar-refractivity contribution in [1.82, 2.24) is 5.32 Å². The van der Waals surface area contributed by atoms with Crippen molar-refractivity contribution in [3.8, 4) is 16.9 Å². The van der Waals surface area contributed by atoms with Crippen LogP contribution in [0, 0.1) is 0 Å². The van der Waals surface area contributed by atoms with E-state index in [1.54, 1.807) is 36.4 Å². The van der Waals surface area contributed by atoms with E-state index >= 15 is 0 Å². The molecule has 202 valence electrons. The smallest absolute Gasteiger partial charge is 0.416 e. The molecule has 0 spiro atoms. The van der Waals surface area contributed by atoms with E-state index in [9.17, 15) is 22.8 Å². The van der Waals surface area contributed by atoms with Crippen molar-refractivity contribution in [2.45, 2.75) is 32.2 Å². The van der Waals surface area contributed by atoms with E-state index in [4.69, 9.17) is 37.8 Å². The fourth-order valence-corrected chi connectivity index (χ4v) is 4.34. The average molecular weight is 570 g/mol. The highest BCUT2D eigenvalue weighted by Crippen LogP contribution is 2.37. The lowest BCUT2D eigenvalue weighted by atomic mass is 9.94. The van der Waals surface area contributed by atoms with Crippen molar-refractivity contribution in [2.75, 3.05) is 13.7 Å². The molecule has 0 saturated carbocycles. The molecule has 11 heteroatoms. The molecule has 0 radical (unpaired) electrons. The van der Waals surface area contributed by atoms with E-state index in [1.165, 1.54) is 13.2 Å². The van der Waals surface area contributed by atoms with Crippen molar-refractivity contribution >= 4 is 35.1 Å². The van der Waals surface area contributed by atoms with Gasteiger partial charge in [-0.3, -0.25) is 9.59 Å². The minimum Gasteiger partial charge on any atom is -0.496 e. The SMILES string of the molecule is COc1ccc(CC(=O)O)cc1-c1ccc(C(F)(F)F)cc1CNCCC(=O)OCc1cc(Cl)cc(Cl)c1. The molecule has 0 amide bonds. The Balaban J connectivity index is 1.73. The Morgan fingerprint density at radius 2 is 1.66 bits per heavy atom. The van der Waals surface area contributed by atoms with Crippen LogP contribution in [-0.2, 0) is 40.1 Å². The second kappa shape index (κ2) is 13.0. The molecule has 0 unspecified atom stereocenters. The van der Waals surface area contributed by atoms with Crippen LogP contribution in [0.1, 0.15) is 28.7 Å². The Hall–Kier alpha value is -3.27. The van der Waals surface area contributed by atoms with Crippen molar-refractivity contribution in [1.29, 1.82) is 0 Å². The quantitative estimate of drug-likeness (QED) is 0.201. The molecule has 0 aliphatic carbocycles. The molecule has 0 heterocycles. The second-order valence-electron chi connectivity index (χ2n) is 8.34. The third kappa shape index (κ3) is 8.37. The summed E-state index contributed by atoms with van der Waals surface area (Å²) < 4.78 is 50.9. The third-order valence-electron chi connectivity index (χ3n) is 5.49. The number of benzene rings is 3. The summed E-state index contributed by atoms with van der Waals surface area (Å²) in [6.07, 6.45) is -4.84. The second-order valence-corrected chi connectivity index (χ2v) is 9.21. The van der Waals surface area contributed by atoms with E-state index in [2.05, 4.69) is 5.32 Å². The fraction of sp³-hybridized carbons (Fsp3) is 0.259. The van der Waals surface area contributed by atoms with Crippen molar-refractivity contribution in [3.05, 3.63) is 86.9 Å². The standard InChI is InChI=1S/C27H24Cl2F3NO5/c1-37-24-5-2-16(11-25(34)35)10-23(24)22-4-3-19(27(30,31)32)12-18(22)14-33-7-6-26(36)38-15-17-8-20(28)13-21(29)9-17/h2-5,8-10,12-13,33H,6-7,11,14-15H2,1H3,(H,34,35). The highest BCUT2D eigenvalue weighted by atomic mass is 35.5. The van der Waals surface area contributed by atoms with Gasteiger partial charge in [-0.25, -0.2) is 0 Å². The molecule has 0 atom stereocenters. The molecule has 0 aliphatic rings. The molecule has 0 bridgehead atoms. The van der Waals surface area contributed by atoms with Gasteiger partial charge in [0.25, 0.3) is 0 Å². The van der Waals surface area contributed by atoms with Crippen LogP contribution in [0.3, 0.4) is 0 Å². The summed E-state index contributed by atoms with van der Waals surface area (Å²) >= 11 is 11.9. The van der Waals surface area contributed by atoms with E-state index in [1.807, 2.05) is 0 Å². The van der Waals surface area contributed by atoms with Gasteiger partial charge in [-0.2, -0.15) is 13.2 Å². The van der Waals surface area contributed by atoms with Gasteiger partial charge in [-0.05, 0) is 64.7 Å². The molecular formula is C27H24Cl2F3NO5. The molecular weight excluding hydrogens is 546 g/mol. The molecule has 0 aromatic heterocycles. The highest BCUT2D eigenvalue weighted by Gasteiger charge is 2.31. The molecule has 3 rings (SSSR count). The number of esters is 1. The van der Waals surface area contributed by atoms with Gasteiger partial charge in [0.05, 0.1) is 25.5 Å². The monoisotopic (exact) mass is 569 g/mol. The Morgan fingerprint density at radius 1 is 0.947 bits per heavy atom. The van der Waals surface area contributed by atoms with Crippen LogP contribution in [-0.4, -0.2) is 30.7 Å². The number of alkyl halides is 3. The van der Waals surface area contributed by atoms with Gasteiger partial charge in [-0.1, -0.05) is 35.3 Å². The lowest BCUT2D eigenvalue weighted by Gasteiger charge is -2.17. The van der Waals surface area contributed by atoms with Crippen LogP contribution in [0.5, 0.6) is 5.75 Å². The number of carbonyl (C=O) groups is 2. The topological polar surface area (TPSA) is 84.9 Å². The maximum Gasteiger partial charge on any atom is 0.416 e. The zero-order valence-electron chi connectivity index (χ0n) is 20.2. The van der Waals surface area contributed by atoms with E-state index in [0.717, 1.165) is 12.1 Å². The van der Waals surface area contributed by atoms with Gasteiger partial charge in [0.2, 0.25) is 0 Å². The molecule has 3 aromatic rings. The molecule has 0 fully saturated rings. The largest absolute Gasteiger partial charge is 0.496 e. The third-order valence-corrected chi connectivity index (χ3v) is 5.92. The van der Waals surface area contributed by atoms with Gasteiger partial charge < -0.3 is 19.9 Å². The molecule has 2 N–H and O–H groups in total. The van der Waals surface area contributed by atoms with Crippen LogP contribution < -0.4 is 10.1 Å². The predicted octanol–water partition coefficient (Wildman–Crippen LogP) is 6.54. The number of nitrogens with one attached hydrogen (secondary N) is 1. The number of ether oxygens (including phenoxy) is 2. The number of hydrogen-bond donors (Lipinski definition) is 2. The first-order valence-corrected chi connectivity index (χ1v) is 12.1. The van der Waals surface area contributed by atoms with Crippen molar-refractivity contribution < 1.29 is 37.3 Å². The Labute approximate surface area is 227 Å². The molecule has 3 aromatic carbocycles. The first-order valence-electron chi connectivity index (χ1n) is 11.4. The summed E-state index contributed by atoms with van der Waals surface area (Å²) in [4.78, 5) is 23.3. The number of halogens is 5. The summed E-state index contributed by atoms with van der Waals surface area (Å²) in [6, 6.07) is 12.8. The first-order chi connectivity index (χ1) is 18.0. The maximum absolute atomic E-state index is 13.4. The minimum absolute atomic E-state index is 0.00273. The Morgan fingerprint density at radius 3 is 2.29 bits per heavy atom. The molecule has 38 heavy (non-hydrogen) atoms. The molecule has 6 nitrogen and oxygen atoms in total. The van der Waals surface area contributed by atoms with E-state index in [0.29, 0.717) is 43.6 Å². The predicted molar refractivity (Wildman–Crippen MR) is 137 cm³/mol. The summed E-state index contributed by atoms with van der Waals surface area (Å²) in [6.45, 7) is 0.118. The normalized spacial score (nSPS) is 11.3. The number of carboxylic acid groups (broad SMARTS) is 1. The lowest BCUT2D eigenvalue weighted by Crippen LogP contribution is -2.20. The number of hydrogen-bond acceptors (Lipinski definition) is 5. The zero-order valence-corrected chi connectivity index (χ0v) is 21.7. The summed E-state index contributed by atoms with van der Waals surface area (Å²) in [5.74, 6) is -1.17. The number of carbonyl (C=O) groups excluding carboxylic acids is 1. The maximum atomic E-state index is 13.4. The minimum atomic E-state index is -4.56. The van der Waals surface area contributed by atoms with Gasteiger partial charge in [-0.15, -0.1) is 0 Å². The number of carboxylic acids is 1. The Bertz CT molecular complexity index is 1290. The average Bonchev–Trinajstić information content (AvgIpc) is 2.84. The van der Waals surface area contributed by atoms with E-state index < -0.39 is 23.7 Å². The number of methoxy groups -OCH3 is 1. The summed E-state index contributed by atoms with van der Waals surface area (Å²) in [5.41, 5.74) is 1.45. The highest BCUT2D eigenvalue weighted by molar-refractivity contribution is 6.34. The van der Waals surface area contributed by atoms with Crippen molar-refractivity contribution in [3.63, 3.8) is 0 Å². The first kappa shape index (κ1) is 29.3. The molecule has 0 aliphatic heterocycles. The summed E-state index contributed by atoms with van der Waals surface area (Å²) in [7, 11) is 1.42. The van der Waals surface area contributed by atoms with Crippen LogP contribution in [0.25, 0.3) is 11.1 Å². The van der Waals surface area contributed by atoms with E-state index in [-0.39, 0.29) is 32.5 Å². The fourth-order valence-electron chi connectivity index (χ4n) is 3.77. The van der Waals surface area contributed by atoms with Gasteiger partial charge >= 0.3 is 18.1 Å².